The third kappa shape index (κ3) is 3.10. The van der Waals surface area contributed by atoms with Crippen LogP contribution in [0, 0.1) is 5.82 Å². The third-order valence-electron chi connectivity index (χ3n) is 2.09. The van der Waals surface area contributed by atoms with Gasteiger partial charge in [0.1, 0.15) is 5.69 Å². The van der Waals surface area contributed by atoms with E-state index in [9.17, 15) is 12.2 Å². The van der Waals surface area contributed by atoms with E-state index in [0.717, 1.165) is 0 Å². The molecular weight excluding hydrogens is 263 g/mol. The van der Waals surface area contributed by atoms with Gasteiger partial charge in [-0.25, -0.2) is 4.39 Å². The van der Waals surface area contributed by atoms with E-state index in [-0.39, 0.29) is 17.2 Å². The highest BCUT2D eigenvalue weighted by molar-refractivity contribution is 7.76. The van der Waals surface area contributed by atoms with Gasteiger partial charge < -0.3 is 4.74 Å². The average molecular weight is 271 g/mol. The molecule has 0 unspecified atom stereocenters. The lowest BCUT2D eigenvalue weighted by Gasteiger charge is -2.08. The topological polar surface area (TPSA) is 21.6 Å². The summed E-state index contributed by atoms with van der Waals surface area (Å²) in [6.07, 6.45) is 0. The Bertz CT molecular complexity index is 585. The van der Waals surface area contributed by atoms with Crippen LogP contribution in [0.5, 0.6) is 11.5 Å². The predicted octanol–water partition coefficient (Wildman–Crippen LogP) is 4.82. The van der Waals surface area contributed by atoms with Crippen molar-refractivity contribution in [1.29, 1.82) is 0 Å². The number of benzene rings is 2. The number of rotatable bonds is 3. The highest BCUT2D eigenvalue weighted by Crippen LogP contribution is 2.33. The molecule has 0 bridgehead atoms. The quantitative estimate of drug-likeness (QED) is 0.784. The first-order valence-corrected chi connectivity index (χ1v) is 5.95. The molecule has 0 aromatic heterocycles. The van der Waals surface area contributed by atoms with Crippen LogP contribution in [0.25, 0.3) is 0 Å². The van der Waals surface area contributed by atoms with Crippen molar-refractivity contribution in [3.8, 4) is 11.5 Å². The minimum atomic E-state index is -3.09. The molecule has 0 fully saturated rings. The molecule has 0 saturated carbocycles. The number of halogens is 3. The normalized spacial score (nSPS) is 10.4. The number of para-hydroxylation sites is 2. The van der Waals surface area contributed by atoms with Crippen LogP contribution in [0.3, 0.4) is 0 Å². The molecule has 94 valence electrons. The Kier molecular flexibility index (Phi) is 3.99. The Balaban J connectivity index is 2.35. The van der Waals surface area contributed by atoms with Gasteiger partial charge in [-0.05, 0) is 24.3 Å². The molecular formula is C12H8F3NOS. The highest BCUT2D eigenvalue weighted by Gasteiger charge is 2.07. The predicted molar refractivity (Wildman–Crippen MR) is 64.6 cm³/mol. The lowest BCUT2D eigenvalue weighted by Crippen LogP contribution is -1.88. The molecule has 0 amide bonds. The SMILES string of the molecule is Fc1ccccc1Oc1ccccc1N=S(F)F. The maximum absolute atomic E-state index is 13.4. The summed E-state index contributed by atoms with van der Waals surface area (Å²) in [4.78, 5) is 0. The summed E-state index contributed by atoms with van der Waals surface area (Å²) in [6, 6.07) is 11.7. The number of nitrogens with zero attached hydrogens (tertiary/aromatic N) is 1. The van der Waals surface area contributed by atoms with Gasteiger partial charge in [-0.2, -0.15) is 4.36 Å². The molecule has 0 radical (unpaired) electrons. The van der Waals surface area contributed by atoms with Gasteiger partial charge in [-0.1, -0.05) is 24.3 Å². The summed E-state index contributed by atoms with van der Waals surface area (Å²) >= 11 is -3.09. The van der Waals surface area contributed by atoms with Crippen molar-refractivity contribution in [1.82, 2.24) is 0 Å². The van der Waals surface area contributed by atoms with Crippen LogP contribution in [-0.4, -0.2) is 0 Å². The van der Waals surface area contributed by atoms with E-state index in [4.69, 9.17) is 4.74 Å². The number of hydrogen-bond donors (Lipinski definition) is 0. The summed E-state index contributed by atoms with van der Waals surface area (Å²) in [7, 11) is 0. The van der Waals surface area contributed by atoms with E-state index >= 15 is 0 Å². The summed E-state index contributed by atoms with van der Waals surface area (Å²) in [5, 5.41) is 0. The van der Waals surface area contributed by atoms with Crippen molar-refractivity contribution >= 4 is 17.2 Å². The van der Waals surface area contributed by atoms with Gasteiger partial charge in [-0.3, -0.25) is 0 Å². The van der Waals surface area contributed by atoms with Crippen molar-refractivity contribution in [3.05, 3.63) is 54.3 Å². The van der Waals surface area contributed by atoms with E-state index in [0.29, 0.717) is 0 Å². The molecule has 0 saturated heterocycles. The molecule has 0 aliphatic heterocycles. The van der Waals surface area contributed by atoms with Crippen molar-refractivity contribution in [2.45, 2.75) is 0 Å². The zero-order valence-corrected chi connectivity index (χ0v) is 9.83. The molecule has 0 atom stereocenters. The lowest BCUT2D eigenvalue weighted by atomic mass is 10.3. The smallest absolute Gasteiger partial charge is 0.266 e. The maximum Gasteiger partial charge on any atom is 0.266 e. The standard InChI is InChI=1S/C12H8F3NOS/c13-9-5-1-3-7-11(9)17-12-8-4-2-6-10(12)16-18(14)15/h1-8H. The number of ether oxygens (including phenoxy) is 1. The Morgan fingerprint density at radius 2 is 1.50 bits per heavy atom. The molecule has 0 N–H and O–H groups in total. The van der Waals surface area contributed by atoms with Gasteiger partial charge in [0.05, 0.1) is 0 Å². The van der Waals surface area contributed by atoms with E-state index in [1.165, 1.54) is 30.3 Å². The monoisotopic (exact) mass is 271 g/mol. The van der Waals surface area contributed by atoms with Crippen molar-refractivity contribution < 1.29 is 16.9 Å². The van der Waals surface area contributed by atoms with Crippen molar-refractivity contribution in [2.24, 2.45) is 4.36 Å². The van der Waals surface area contributed by atoms with E-state index in [1.54, 1.807) is 18.2 Å². The van der Waals surface area contributed by atoms with Crippen LogP contribution in [0.2, 0.25) is 0 Å². The van der Waals surface area contributed by atoms with E-state index in [1.807, 2.05) is 0 Å². The van der Waals surface area contributed by atoms with Gasteiger partial charge in [0, 0.05) is 0 Å². The van der Waals surface area contributed by atoms with Crippen LogP contribution in [0.1, 0.15) is 0 Å². The molecule has 2 aromatic rings. The Morgan fingerprint density at radius 3 is 2.17 bits per heavy atom. The van der Waals surface area contributed by atoms with Crippen LogP contribution >= 0.6 is 0 Å². The van der Waals surface area contributed by atoms with E-state index < -0.39 is 17.3 Å². The fraction of sp³-hybridized carbons (Fsp3) is 0. The molecule has 18 heavy (non-hydrogen) atoms. The van der Waals surface area contributed by atoms with Gasteiger partial charge >= 0.3 is 0 Å². The van der Waals surface area contributed by atoms with Crippen LogP contribution in [0.4, 0.5) is 17.8 Å². The van der Waals surface area contributed by atoms with E-state index in [2.05, 4.69) is 4.36 Å². The van der Waals surface area contributed by atoms with Gasteiger partial charge in [0.2, 0.25) is 0 Å². The molecule has 0 spiro atoms. The van der Waals surface area contributed by atoms with Gasteiger partial charge in [0.25, 0.3) is 11.5 Å². The minimum absolute atomic E-state index is 0.00548. The zero-order chi connectivity index (χ0) is 13.0. The fourth-order valence-corrected chi connectivity index (χ4v) is 1.64. The summed E-state index contributed by atoms with van der Waals surface area (Å²) in [6.45, 7) is 0. The third-order valence-corrected chi connectivity index (χ3v) is 2.42. The van der Waals surface area contributed by atoms with Crippen LogP contribution in [0.15, 0.2) is 52.9 Å². The van der Waals surface area contributed by atoms with Gasteiger partial charge in [-0.15, -0.1) is 7.77 Å². The molecule has 2 aromatic carbocycles. The molecule has 0 heterocycles. The molecule has 2 nitrogen and oxygen atoms in total. The first-order valence-electron chi connectivity index (χ1n) is 4.97. The summed E-state index contributed by atoms with van der Waals surface area (Å²) in [5.74, 6) is -0.500. The number of hydrogen-bond acceptors (Lipinski definition) is 2. The summed E-state index contributed by atoms with van der Waals surface area (Å²) in [5.41, 5.74) is -0.00548. The first kappa shape index (κ1) is 12.6. The minimum Gasteiger partial charge on any atom is -0.452 e. The Morgan fingerprint density at radius 1 is 0.889 bits per heavy atom. The molecule has 0 aliphatic rings. The van der Waals surface area contributed by atoms with Crippen molar-refractivity contribution in [2.75, 3.05) is 0 Å². The second-order valence-electron chi connectivity index (χ2n) is 3.29. The zero-order valence-electron chi connectivity index (χ0n) is 9.02. The lowest BCUT2D eigenvalue weighted by molar-refractivity contribution is 0.443. The molecule has 6 heteroatoms. The first-order chi connectivity index (χ1) is 8.66. The van der Waals surface area contributed by atoms with Crippen LogP contribution < -0.4 is 4.74 Å². The molecule has 0 aliphatic carbocycles. The largest absolute Gasteiger partial charge is 0.452 e. The van der Waals surface area contributed by atoms with Crippen LogP contribution in [-0.2, 0) is 11.5 Å². The van der Waals surface area contributed by atoms with Gasteiger partial charge in [0.15, 0.2) is 17.3 Å². The maximum atomic E-state index is 13.4. The molecule has 2 rings (SSSR count). The fourth-order valence-electron chi connectivity index (χ4n) is 1.34. The second kappa shape index (κ2) is 5.68. The highest BCUT2D eigenvalue weighted by atomic mass is 32.2. The summed E-state index contributed by atoms with van der Waals surface area (Å²) < 4.78 is 46.2. The second-order valence-corrected chi connectivity index (χ2v) is 3.86. The van der Waals surface area contributed by atoms with Crippen molar-refractivity contribution in [3.63, 3.8) is 0 Å². The Hall–Kier alpha value is -1.82. The Labute approximate surface area is 105 Å². The average Bonchev–Trinajstić information content (AvgIpc) is 2.34.